The van der Waals surface area contributed by atoms with Crippen molar-refractivity contribution in [2.75, 3.05) is 0 Å². The summed E-state index contributed by atoms with van der Waals surface area (Å²) < 4.78 is 0. The lowest BCUT2D eigenvalue weighted by Crippen LogP contribution is -2.54. The largest absolute Gasteiger partial charge is 0.393 e. The van der Waals surface area contributed by atoms with Crippen molar-refractivity contribution >= 4 is 0 Å². The van der Waals surface area contributed by atoms with E-state index < -0.39 is 0 Å². The molecule has 0 aromatic carbocycles. The van der Waals surface area contributed by atoms with Crippen molar-refractivity contribution in [2.45, 2.75) is 118 Å². The summed E-state index contributed by atoms with van der Waals surface area (Å²) in [4.78, 5) is 0. The molecule has 0 aliphatic heterocycles. The number of rotatable bonds is 6. The topological polar surface area (TPSA) is 20.2 Å². The molecule has 0 saturated heterocycles. The Labute approximate surface area is 193 Å². The van der Waals surface area contributed by atoms with E-state index >= 15 is 0 Å². The molecule has 4 saturated carbocycles. The van der Waals surface area contributed by atoms with Crippen molar-refractivity contribution < 1.29 is 5.11 Å². The van der Waals surface area contributed by atoms with E-state index in [0.717, 1.165) is 60.2 Å². The van der Waals surface area contributed by atoms with Gasteiger partial charge in [-0.1, -0.05) is 60.1 Å². The normalized spacial score (nSPS) is 47.1. The first-order chi connectivity index (χ1) is 14.7. The molecule has 0 amide bonds. The van der Waals surface area contributed by atoms with Gasteiger partial charge in [-0.2, -0.15) is 0 Å². The molecule has 0 radical (unpaired) electrons. The number of aliphatic hydroxyl groups excluding tert-OH is 1. The molecule has 1 heteroatoms. The third-order valence-electron chi connectivity index (χ3n) is 11.5. The molecule has 4 fully saturated rings. The molecule has 178 valence electrons. The average Bonchev–Trinajstić information content (AvgIpc) is 3.08. The monoisotopic (exact) mass is 428 g/mol. The van der Waals surface area contributed by atoms with Gasteiger partial charge in [-0.3, -0.25) is 0 Å². The minimum atomic E-state index is -0.0191. The van der Waals surface area contributed by atoms with E-state index in [9.17, 15) is 5.11 Å². The van der Waals surface area contributed by atoms with Gasteiger partial charge in [-0.25, -0.2) is 0 Å². The Morgan fingerprint density at radius 2 is 1.58 bits per heavy atom. The van der Waals surface area contributed by atoms with E-state index in [1.54, 1.807) is 0 Å². The number of hydrogen-bond donors (Lipinski definition) is 1. The molecule has 1 nitrogen and oxygen atoms in total. The molecule has 0 bridgehead atoms. The number of allylic oxidation sites excluding steroid dienone is 2. The minimum absolute atomic E-state index is 0.0191. The second-order valence-electron chi connectivity index (χ2n) is 13.3. The van der Waals surface area contributed by atoms with Crippen LogP contribution < -0.4 is 0 Å². The van der Waals surface area contributed by atoms with Crippen molar-refractivity contribution in [3.8, 4) is 0 Å². The first-order valence-electron chi connectivity index (χ1n) is 14.1. The lowest BCUT2D eigenvalue weighted by atomic mass is 9.44. The van der Waals surface area contributed by atoms with Gasteiger partial charge in [0.2, 0.25) is 0 Å². The summed E-state index contributed by atoms with van der Waals surface area (Å²) in [5, 5.41) is 10.3. The highest BCUT2D eigenvalue weighted by Crippen LogP contribution is 2.68. The number of hydrogen-bond acceptors (Lipinski definition) is 1. The van der Waals surface area contributed by atoms with Gasteiger partial charge >= 0.3 is 0 Å². The molecule has 1 unspecified atom stereocenters. The van der Waals surface area contributed by atoms with Crippen LogP contribution in [0.15, 0.2) is 12.2 Å². The van der Waals surface area contributed by atoms with Crippen LogP contribution in [-0.2, 0) is 0 Å². The van der Waals surface area contributed by atoms with Crippen molar-refractivity contribution in [1.82, 2.24) is 0 Å². The zero-order valence-corrected chi connectivity index (χ0v) is 21.6. The van der Waals surface area contributed by atoms with Crippen molar-refractivity contribution in [1.29, 1.82) is 0 Å². The van der Waals surface area contributed by atoms with Crippen molar-refractivity contribution in [2.24, 2.45) is 58.2 Å². The lowest BCUT2D eigenvalue weighted by Gasteiger charge is -2.61. The first-order valence-corrected chi connectivity index (χ1v) is 14.1. The summed E-state index contributed by atoms with van der Waals surface area (Å²) in [5.74, 6) is 6.74. The summed E-state index contributed by atoms with van der Waals surface area (Å²) in [5.41, 5.74) is 1.07. The third kappa shape index (κ3) is 4.20. The summed E-state index contributed by atoms with van der Waals surface area (Å²) >= 11 is 0. The Hall–Kier alpha value is -0.300. The van der Waals surface area contributed by atoms with Crippen LogP contribution in [0, 0.1) is 58.2 Å². The molecule has 4 aliphatic carbocycles. The second kappa shape index (κ2) is 9.15. The standard InChI is InChI=1S/C30H52O/c1-7-8-22(20(2)3)10-9-21(4)26-13-14-27-25-12-11-23-19-24(31)15-17-29(23,5)28(25)16-18-30(26,27)6/h9-10,20-28,31H,7-8,11-19H2,1-6H3/t21-,22+,23?,24+,25+,26-,27+,28+,29+,30-/m1/s1. The third-order valence-corrected chi connectivity index (χ3v) is 11.5. The molecule has 0 aromatic heterocycles. The van der Waals surface area contributed by atoms with E-state index in [-0.39, 0.29) is 6.10 Å². The highest BCUT2D eigenvalue weighted by atomic mass is 16.3. The first kappa shape index (κ1) is 23.8. The zero-order valence-electron chi connectivity index (χ0n) is 21.6. The van der Waals surface area contributed by atoms with Gasteiger partial charge in [0.25, 0.3) is 0 Å². The van der Waals surface area contributed by atoms with Crippen LogP contribution in [0.4, 0.5) is 0 Å². The quantitative estimate of drug-likeness (QED) is 0.422. The van der Waals surface area contributed by atoms with Crippen molar-refractivity contribution in [3.05, 3.63) is 12.2 Å². The number of aliphatic hydroxyl groups is 1. The van der Waals surface area contributed by atoms with Gasteiger partial charge < -0.3 is 5.11 Å². The van der Waals surface area contributed by atoms with Gasteiger partial charge in [-0.05, 0) is 122 Å². The maximum Gasteiger partial charge on any atom is 0.0543 e. The van der Waals surface area contributed by atoms with Crippen LogP contribution in [0.5, 0.6) is 0 Å². The van der Waals surface area contributed by atoms with E-state index in [1.807, 2.05) is 0 Å². The fourth-order valence-corrected chi connectivity index (χ4v) is 9.58. The molecule has 31 heavy (non-hydrogen) atoms. The van der Waals surface area contributed by atoms with E-state index in [0.29, 0.717) is 10.8 Å². The van der Waals surface area contributed by atoms with Gasteiger partial charge in [0.05, 0.1) is 6.10 Å². The molecular formula is C30H52O. The van der Waals surface area contributed by atoms with Gasteiger partial charge in [0, 0.05) is 0 Å². The summed E-state index contributed by atoms with van der Waals surface area (Å²) in [6, 6.07) is 0. The Morgan fingerprint density at radius 3 is 2.29 bits per heavy atom. The van der Waals surface area contributed by atoms with E-state index in [1.165, 1.54) is 57.8 Å². The molecular weight excluding hydrogens is 376 g/mol. The molecule has 10 atom stereocenters. The summed E-state index contributed by atoms with van der Waals surface area (Å²) in [6.45, 7) is 15.0. The highest BCUT2D eigenvalue weighted by Gasteiger charge is 2.60. The van der Waals surface area contributed by atoms with Gasteiger partial charge in [0.1, 0.15) is 0 Å². The van der Waals surface area contributed by atoms with Gasteiger partial charge in [-0.15, -0.1) is 0 Å². The number of fused-ring (bicyclic) bond motifs is 5. The van der Waals surface area contributed by atoms with Crippen molar-refractivity contribution in [3.63, 3.8) is 0 Å². The molecule has 0 spiro atoms. The predicted molar refractivity (Wildman–Crippen MR) is 133 cm³/mol. The van der Waals surface area contributed by atoms with Crippen LogP contribution in [-0.4, -0.2) is 11.2 Å². The summed E-state index contributed by atoms with van der Waals surface area (Å²) in [7, 11) is 0. The Morgan fingerprint density at radius 1 is 0.871 bits per heavy atom. The van der Waals surface area contributed by atoms with Gasteiger partial charge in [0.15, 0.2) is 0 Å². The fourth-order valence-electron chi connectivity index (χ4n) is 9.58. The predicted octanol–water partition coefficient (Wildman–Crippen LogP) is 8.27. The minimum Gasteiger partial charge on any atom is -0.393 e. The Kier molecular flexibility index (Phi) is 7.04. The Balaban J connectivity index is 1.48. The van der Waals surface area contributed by atoms with Crippen LogP contribution in [0.3, 0.4) is 0 Å². The molecule has 4 aliphatic rings. The second-order valence-corrected chi connectivity index (χ2v) is 13.3. The summed E-state index contributed by atoms with van der Waals surface area (Å²) in [6.07, 6.45) is 19.9. The maximum absolute atomic E-state index is 10.3. The van der Waals surface area contributed by atoms with Crippen LogP contribution in [0.1, 0.15) is 112 Å². The highest BCUT2D eigenvalue weighted by molar-refractivity contribution is 5.11. The van der Waals surface area contributed by atoms with Crippen LogP contribution in [0.25, 0.3) is 0 Å². The smallest absolute Gasteiger partial charge is 0.0543 e. The fraction of sp³-hybridized carbons (Fsp3) is 0.933. The maximum atomic E-state index is 10.3. The molecule has 1 N–H and O–H groups in total. The molecule has 4 rings (SSSR count). The Bertz CT molecular complexity index is 636. The van der Waals surface area contributed by atoms with Crippen LogP contribution >= 0.6 is 0 Å². The average molecular weight is 429 g/mol. The lowest BCUT2D eigenvalue weighted by molar-refractivity contribution is -0.128. The van der Waals surface area contributed by atoms with E-state index in [4.69, 9.17) is 0 Å². The van der Waals surface area contributed by atoms with E-state index in [2.05, 4.69) is 53.7 Å². The zero-order chi connectivity index (χ0) is 22.4. The SMILES string of the molecule is CCC[C@@H](C=C[C@@H](C)[C@H]1CC[C@H]2[C@@H]3CCC4C[C@@H](O)CC[C@]4(C)[C@H]3CC[C@]12C)C(C)C. The molecule has 0 heterocycles. The molecule has 0 aromatic rings. The van der Waals surface area contributed by atoms with Crippen LogP contribution in [0.2, 0.25) is 0 Å².